The third kappa shape index (κ3) is 3.34. The zero-order chi connectivity index (χ0) is 22.3. The van der Waals surface area contributed by atoms with E-state index in [2.05, 4.69) is 10.4 Å². The first-order chi connectivity index (χ1) is 15.5. The average molecular weight is 436 g/mol. The molecule has 1 aromatic heterocycles. The molecule has 1 saturated carbocycles. The minimum Gasteiger partial charge on any atom is -0.497 e. The predicted molar refractivity (Wildman–Crippen MR) is 114 cm³/mol. The molecule has 3 aliphatic rings. The topological polar surface area (TPSA) is 104 Å². The minimum atomic E-state index is -0.847. The van der Waals surface area contributed by atoms with Gasteiger partial charge >= 0.3 is 6.03 Å². The van der Waals surface area contributed by atoms with Gasteiger partial charge in [0.2, 0.25) is 0 Å². The summed E-state index contributed by atoms with van der Waals surface area (Å²) < 4.78 is 10.8. The number of nitrogens with zero attached hydrogens (tertiary/aromatic N) is 3. The molecular formula is C23H24N4O5. The SMILES string of the molecule is COc1ccc(C2=NN(C(=O)CN3C(=O)NC4(CCCC4)C3=O)[C@@H](c3ccco3)C2)cc1. The normalized spacial score (nSPS) is 21.9. The Bertz CT molecular complexity index is 1070. The van der Waals surface area contributed by atoms with Crippen LogP contribution in [0.3, 0.4) is 0 Å². The number of methoxy groups -OCH3 is 1. The molecule has 2 aromatic rings. The van der Waals surface area contributed by atoms with Gasteiger partial charge in [0.1, 0.15) is 29.6 Å². The van der Waals surface area contributed by atoms with E-state index in [1.54, 1.807) is 25.5 Å². The molecule has 2 fully saturated rings. The van der Waals surface area contributed by atoms with Crippen LogP contribution in [-0.2, 0) is 9.59 Å². The van der Waals surface area contributed by atoms with Crippen molar-refractivity contribution in [2.75, 3.05) is 13.7 Å². The Labute approximate surface area is 185 Å². The van der Waals surface area contributed by atoms with E-state index in [0.717, 1.165) is 29.1 Å². The van der Waals surface area contributed by atoms with Gasteiger partial charge in [-0.15, -0.1) is 0 Å². The Morgan fingerprint density at radius 2 is 1.97 bits per heavy atom. The minimum absolute atomic E-state index is 0.318. The summed E-state index contributed by atoms with van der Waals surface area (Å²) in [7, 11) is 1.60. The molecule has 1 aromatic carbocycles. The number of amides is 4. The van der Waals surface area contributed by atoms with Crippen molar-refractivity contribution < 1.29 is 23.5 Å². The first kappa shape index (κ1) is 20.3. The first-order valence-corrected chi connectivity index (χ1v) is 10.7. The van der Waals surface area contributed by atoms with Gasteiger partial charge < -0.3 is 14.5 Å². The molecule has 3 heterocycles. The van der Waals surface area contributed by atoms with Crippen LogP contribution in [0.15, 0.2) is 52.2 Å². The summed E-state index contributed by atoms with van der Waals surface area (Å²) in [6.45, 7) is -0.358. The van der Waals surface area contributed by atoms with Crippen molar-refractivity contribution in [2.45, 2.75) is 43.7 Å². The molecule has 1 aliphatic carbocycles. The molecule has 9 nitrogen and oxygen atoms in total. The second-order valence-corrected chi connectivity index (χ2v) is 8.36. The molecule has 5 rings (SSSR count). The largest absolute Gasteiger partial charge is 0.497 e. The highest BCUT2D eigenvalue weighted by atomic mass is 16.5. The van der Waals surface area contributed by atoms with Gasteiger partial charge in [-0.2, -0.15) is 5.10 Å². The van der Waals surface area contributed by atoms with Gasteiger partial charge in [0.15, 0.2) is 0 Å². The number of furan rings is 1. The highest BCUT2D eigenvalue weighted by Crippen LogP contribution is 2.36. The molecule has 0 unspecified atom stereocenters. The summed E-state index contributed by atoms with van der Waals surface area (Å²) in [5.74, 6) is 0.562. The van der Waals surface area contributed by atoms with Gasteiger partial charge in [0.25, 0.3) is 11.8 Å². The smallest absolute Gasteiger partial charge is 0.325 e. The number of benzene rings is 1. The molecule has 0 radical (unpaired) electrons. The number of carbonyl (C=O) groups excluding carboxylic acids is 3. The molecule has 4 amide bonds. The van der Waals surface area contributed by atoms with Crippen molar-refractivity contribution in [3.05, 3.63) is 54.0 Å². The lowest BCUT2D eigenvalue weighted by atomic mass is 9.98. The Kier molecular flexibility index (Phi) is 4.96. The third-order valence-electron chi connectivity index (χ3n) is 6.46. The molecule has 32 heavy (non-hydrogen) atoms. The fraction of sp³-hybridized carbons (Fsp3) is 0.391. The third-order valence-corrected chi connectivity index (χ3v) is 6.46. The van der Waals surface area contributed by atoms with Crippen molar-refractivity contribution in [1.82, 2.24) is 15.2 Å². The average Bonchev–Trinajstić information content (AvgIpc) is 3.59. The molecule has 1 N–H and O–H groups in total. The number of hydrogen-bond acceptors (Lipinski definition) is 6. The zero-order valence-corrected chi connectivity index (χ0v) is 17.7. The van der Waals surface area contributed by atoms with Crippen molar-refractivity contribution in [3.63, 3.8) is 0 Å². The van der Waals surface area contributed by atoms with Crippen LogP contribution in [0.1, 0.15) is 49.5 Å². The summed E-state index contributed by atoms with van der Waals surface area (Å²) in [6, 6.07) is 10.0. The lowest BCUT2D eigenvalue weighted by Crippen LogP contribution is -2.45. The van der Waals surface area contributed by atoms with E-state index in [-0.39, 0.29) is 12.5 Å². The maximum atomic E-state index is 13.3. The first-order valence-electron chi connectivity index (χ1n) is 10.7. The standard InChI is InChI=1S/C23H24N4O5/c1-31-16-8-6-15(7-9-16)17-13-18(19-5-4-12-32-19)27(25-17)20(28)14-26-21(29)23(24-22(26)30)10-2-3-11-23/h4-9,12,18H,2-3,10-11,13-14H2,1H3,(H,24,30)/t18-/m1/s1. The van der Waals surface area contributed by atoms with E-state index in [1.807, 2.05) is 24.3 Å². The second kappa shape index (κ2) is 7.81. The Morgan fingerprint density at radius 3 is 2.62 bits per heavy atom. The van der Waals surface area contributed by atoms with Crippen LogP contribution < -0.4 is 10.1 Å². The summed E-state index contributed by atoms with van der Waals surface area (Å²) in [5, 5.41) is 8.70. The number of rotatable bonds is 5. The van der Waals surface area contributed by atoms with Crippen molar-refractivity contribution in [2.24, 2.45) is 5.10 Å². The molecule has 1 atom stereocenters. The summed E-state index contributed by atoms with van der Waals surface area (Å²) in [5.41, 5.74) is 0.727. The van der Waals surface area contributed by atoms with Crippen molar-refractivity contribution in [1.29, 1.82) is 0 Å². The lowest BCUT2D eigenvalue weighted by Gasteiger charge is -2.23. The number of urea groups is 1. The van der Waals surface area contributed by atoms with Crippen LogP contribution in [-0.4, -0.2) is 52.7 Å². The Morgan fingerprint density at radius 1 is 1.22 bits per heavy atom. The fourth-order valence-corrected chi connectivity index (χ4v) is 4.75. The summed E-state index contributed by atoms with van der Waals surface area (Å²) in [6.07, 6.45) is 4.99. The monoisotopic (exact) mass is 436 g/mol. The predicted octanol–water partition coefficient (Wildman–Crippen LogP) is 2.83. The van der Waals surface area contributed by atoms with Gasteiger partial charge in [-0.3, -0.25) is 14.5 Å². The zero-order valence-electron chi connectivity index (χ0n) is 17.7. The van der Waals surface area contributed by atoms with E-state index in [0.29, 0.717) is 30.7 Å². The van der Waals surface area contributed by atoms with E-state index in [4.69, 9.17) is 9.15 Å². The number of imide groups is 1. The number of carbonyl (C=O) groups is 3. The van der Waals surface area contributed by atoms with Crippen LogP contribution in [0, 0.1) is 0 Å². The van der Waals surface area contributed by atoms with Gasteiger partial charge in [0.05, 0.1) is 19.1 Å². The molecule has 2 aliphatic heterocycles. The van der Waals surface area contributed by atoms with Crippen molar-refractivity contribution in [3.8, 4) is 5.75 Å². The highest BCUT2D eigenvalue weighted by Gasteiger charge is 2.53. The molecule has 9 heteroatoms. The van der Waals surface area contributed by atoms with Gasteiger partial charge in [-0.05, 0) is 54.8 Å². The molecular weight excluding hydrogens is 412 g/mol. The van der Waals surface area contributed by atoms with E-state index >= 15 is 0 Å². The maximum Gasteiger partial charge on any atom is 0.325 e. The quantitative estimate of drug-likeness (QED) is 0.726. The lowest BCUT2D eigenvalue weighted by molar-refractivity contribution is -0.140. The van der Waals surface area contributed by atoms with Gasteiger partial charge in [0, 0.05) is 6.42 Å². The molecule has 1 saturated heterocycles. The van der Waals surface area contributed by atoms with E-state index in [1.165, 1.54) is 5.01 Å². The van der Waals surface area contributed by atoms with Crippen LogP contribution in [0.25, 0.3) is 0 Å². The molecule has 0 bridgehead atoms. The second-order valence-electron chi connectivity index (χ2n) is 8.36. The fourth-order valence-electron chi connectivity index (χ4n) is 4.75. The number of ether oxygens (including phenoxy) is 1. The number of nitrogens with one attached hydrogen (secondary N) is 1. The van der Waals surface area contributed by atoms with Crippen LogP contribution in [0.4, 0.5) is 4.79 Å². The number of hydrazone groups is 1. The molecule has 166 valence electrons. The van der Waals surface area contributed by atoms with Crippen LogP contribution in [0.2, 0.25) is 0 Å². The molecule has 1 spiro atoms. The highest BCUT2D eigenvalue weighted by molar-refractivity contribution is 6.09. The van der Waals surface area contributed by atoms with Crippen LogP contribution in [0.5, 0.6) is 5.75 Å². The van der Waals surface area contributed by atoms with E-state index < -0.39 is 23.5 Å². The van der Waals surface area contributed by atoms with Crippen molar-refractivity contribution >= 4 is 23.6 Å². The summed E-state index contributed by atoms with van der Waals surface area (Å²) in [4.78, 5) is 39.7. The Hall–Kier alpha value is -3.62. The maximum absolute atomic E-state index is 13.3. The van der Waals surface area contributed by atoms with Gasteiger partial charge in [-0.25, -0.2) is 9.80 Å². The van der Waals surface area contributed by atoms with E-state index in [9.17, 15) is 14.4 Å². The summed E-state index contributed by atoms with van der Waals surface area (Å²) >= 11 is 0. The Balaban J connectivity index is 1.39. The van der Waals surface area contributed by atoms with Gasteiger partial charge in [-0.1, -0.05) is 12.8 Å². The van der Waals surface area contributed by atoms with Crippen LogP contribution >= 0.6 is 0 Å². The number of hydrogen-bond donors (Lipinski definition) is 1.